The Kier molecular flexibility index (Phi) is 5.58. The molecule has 118 valence electrons. The molecule has 1 saturated heterocycles. The molecule has 1 unspecified atom stereocenters. The van der Waals surface area contributed by atoms with Crippen LogP contribution in [0.1, 0.15) is 12.8 Å². The van der Waals surface area contributed by atoms with Crippen LogP contribution in [0.25, 0.3) is 0 Å². The standard InChI is InChI=1S/C14H23N3O3S/c1-20-10-9-17(11-12-5-4-8-16-12)13-6-2-3-7-14(13)21(15,18)19/h2-3,6-7,12,16H,4-5,8-11H2,1H3,(H2,15,18,19). The molecular formula is C14H23N3O3S. The Morgan fingerprint density at radius 3 is 2.81 bits per heavy atom. The smallest absolute Gasteiger partial charge is 0.240 e. The van der Waals surface area contributed by atoms with Crippen molar-refractivity contribution in [3.8, 4) is 0 Å². The van der Waals surface area contributed by atoms with Crippen molar-refractivity contribution in [3.63, 3.8) is 0 Å². The van der Waals surface area contributed by atoms with Crippen LogP contribution in [0.4, 0.5) is 5.69 Å². The molecule has 1 heterocycles. The van der Waals surface area contributed by atoms with Gasteiger partial charge in [0.15, 0.2) is 0 Å². The van der Waals surface area contributed by atoms with E-state index in [0.29, 0.717) is 24.9 Å². The summed E-state index contributed by atoms with van der Waals surface area (Å²) in [7, 11) is -2.10. The zero-order chi connectivity index (χ0) is 15.3. The van der Waals surface area contributed by atoms with Gasteiger partial charge in [-0.05, 0) is 31.5 Å². The van der Waals surface area contributed by atoms with Crippen LogP contribution in [0.2, 0.25) is 0 Å². The minimum Gasteiger partial charge on any atom is -0.383 e. The van der Waals surface area contributed by atoms with Crippen molar-refractivity contribution >= 4 is 15.7 Å². The van der Waals surface area contributed by atoms with Gasteiger partial charge in [0.2, 0.25) is 10.0 Å². The topological polar surface area (TPSA) is 84.7 Å². The van der Waals surface area contributed by atoms with E-state index in [1.54, 1.807) is 25.3 Å². The number of rotatable bonds is 7. The number of benzene rings is 1. The summed E-state index contributed by atoms with van der Waals surface area (Å²) in [6.45, 7) is 2.92. The molecule has 0 spiro atoms. The fourth-order valence-corrected chi connectivity index (χ4v) is 3.41. The van der Waals surface area contributed by atoms with E-state index < -0.39 is 10.0 Å². The molecule has 21 heavy (non-hydrogen) atoms. The van der Waals surface area contributed by atoms with E-state index in [-0.39, 0.29) is 4.90 Å². The van der Waals surface area contributed by atoms with Crippen molar-refractivity contribution in [1.29, 1.82) is 0 Å². The van der Waals surface area contributed by atoms with Crippen LogP contribution in [0.3, 0.4) is 0 Å². The highest BCUT2D eigenvalue weighted by molar-refractivity contribution is 7.89. The summed E-state index contributed by atoms with van der Waals surface area (Å²) in [6, 6.07) is 7.23. The van der Waals surface area contributed by atoms with Crippen LogP contribution in [0.15, 0.2) is 29.2 Å². The zero-order valence-corrected chi connectivity index (χ0v) is 13.1. The number of nitrogens with one attached hydrogen (secondary N) is 1. The second kappa shape index (κ2) is 7.22. The first kappa shape index (κ1) is 16.2. The molecule has 1 aromatic carbocycles. The fraction of sp³-hybridized carbons (Fsp3) is 0.571. The van der Waals surface area contributed by atoms with Gasteiger partial charge in [-0.2, -0.15) is 0 Å². The van der Waals surface area contributed by atoms with Gasteiger partial charge in [0, 0.05) is 26.2 Å². The number of nitrogens with zero attached hydrogens (tertiary/aromatic N) is 1. The number of hydrogen-bond acceptors (Lipinski definition) is 5. The summed E-state index contributed by atoms with van der Waals surface area (Å²) in [4.78, 5) is 2.20. The van der Waals surface area contributed by atoms with Gasteiger partial charge >= 0.3 is 0 Å². The lowest BCUT2D eigenvalue weighted by molar-refractivity contribution is 0.204. The van der Waals surface area contributed by atoms with Gasteiger partial charge in [0.05, 0.1) is 12.3 Å². The Bertz CT molecular complexity index is 556. The average molecular weight is 313 g/mol. The molecule has 0 bridgehead atoms. The number of primary sulfonamides is 1. The summed E-state index contributed by atoms with van der Waals surface area (Å²) in [5, 5.41) is 8.76. The average Bonchev–Trinajstić information content (AvgIpc) is 2.95. The lowest BCUT2D eigenvalue weighted by Crippen LogP contribution is -2.40. The number of methoxy groups -OCH3 is 1. The quantitative estimate of drug-likeness (QED) is 0.767. The first-order valence-corrected chi connectivity index (χ1v) is 8.66. The maximum Gasteiger partial charge on any atom is 0.240 e. The Hall–Kier alpha value is -1.15. The van der Waals surface area contributed by atoms with Gasteiger partial charge < -0.3 is 15.0 Å². The Balaban J connectivity index is 2.27. The number of para-hydroxylation sites is 1. The summed E-state index contributed by atoms with van der Waals surface area (Å²) in [5.41, 5.74) is 0.644. The Labute approximate surface area is 126 Å². The third-order valence-electron chi connectivity index (χ3n) is 3.68. The predicted molar refractivity (Wildman–Crippen MR) is 82.9 cm³/mol. The molecule has 3 N–H and O–H groups in total. The van der Waals surface area contributed by atoms with Crippen molar-refractivity contribution in [1.82, 2.24) is 5.32 Å². The number of ether oxygens (including phenoxy) is 1. The summed E-state index contributed by atoms with van der Waals surface area (Å²) in [5.74, 6) is 0. The van der Waals surface area contributed by atoms with E-state index >= 15 is 0 Å². The summed E-state index contributed by atoms with van der Waals surface area (Å²) >= 11 is 0. The predicted octanol–water partition coefficient (Wildman–Crippen LogP) is 0.539. The third-order valence-corrected chi connectivity index (χ3v) is 4.64. The maximum absolute atomic E-state index is 11.8. The molecule has 6 nitrogen and oxygen atoms in total. The van der Waals surface area contributed by atoms with Crippen molar-refractivity contribution < 1.29 is 13.2 Å². The first-order chi connectivity index (χ1) is 10.0. The van der Waals surface area contributed by atoms with Crippen LogP contribution in [-0.2, 0) is 14.8 Å². The van der Waals surface area contributed by atoms with Crippen molar-refractivity contribution in [2.75, 3.05) is 38.3 Å². The van der Waals surface area contributed by atoms with Gasteiger partial charge in [-0.3, -0.25) is 0 Å². The molecule has 1 aliphatic rings. The zero-order valence-electron chi connectivity index (χ0n) is 12.3. The first-order valence-electron chi connectivity index (χ1n) is 7.11. The third kappa shape index (κ3) is 4.41. The minimum atomic E-state index is -3.74. The van der Waals surface area contributed by atoms with Crippen LogP contribution < -0.4 is 15.4 Å². The minimum absolute atomic E-state index is 0.166. The number of nitrogens with two attached hydrogens (primary N) is 1. The lowest BCUT2D eigenvalue weighted by Gasteiger charge is -2.29. The highest BCUT2D eigenvalue weighted by Gasteiger charge is 2.22. The van der Waals surface area contributed by atoms with Crippen molar-refractivity contribution in [2.45, 2.75) is 23.8 Å². The number of hydrogen-bond donors (Lipinski definition) is 2. The molecule has 0 amide bonds. The summed E-state index contributed by atoms with van der Waals surface area (Å²) in [6.07, 6.45) is 2.25. The molecule has 0 aliphatic carbocycles. The normalized spacial score (nSPS) is 18.9. The molecule has 1 fully saturated rings. The fourth-order valence-electron chi connectivity index (χ4n) is 2.65. The molecular weight excluding hydrogens is 290 g/mol. The molecule has 1 atom stereocenters. The lowest BCUT2D eigenvalue weighted by atomic mass is 10.2. The molecule has 0 saturated carbocycles. The van der Waals surface area contributed by atoms with Gasteiger partial charge in [-0.25, -0.2) is 13.6 Å². The van der Waals surface area contributed by atoms with Gasteiger partial charge in [0.25, 0.3) is 0 Å². The highest BCUT2D eigenvalue weighted by atomic mass is 32.2. The van der Waals surface area contributed by atoms with Gasteiger partial charge in [-0.15, -0.1) is 0 Å². The van der Waals surface area contributed by atoms with Gasteiger partial charge in [-0.1, -0.05) is 12.1 Å². The number of anilines is 1. The van der Waals surface area contributed by atoms with Gasteiger partial charge in [0.1, 0.15) is 4.90 Å². The number of sulfonamides is 1. The molecule has 7 heteroatoms. The van der Waals surface area contributed by atoms with E-state index in [2.05, 4.69) is 5.32 Å². The molecule has 0 aromatic heterocycles. The summed E-state index contributed by atoms with van der Waals surface area (Å²) < 4.78 is 28.7. The molecule has 2 rings (SSSR count). The Morgan fingerprint density at radius 2 is 2.19 bits per heavy atom. The molecule has 1 aliphatic heterocycles. The maximum atomic E-state index is 11.8. The van der Waals surface area contributed by atoms with Crippen LogP contribution >= 0.6 is 0 Å². The van der Waals surface area contributed by atoms with Crippen molar-refractivity contribution in [2.24, 2.45) is 5.14 Å². The van der Waals surface area contributed by atoms with E-state index in [9.17, 15) is 8.42 Å². The molecule has 0 radical (unpaired) electrons. The van der Waals surface area contributed by atoms with E-state index in [1.165, 1.54) is 0 Å². The second-order valence-corrected chi connectivity index (χ2v) is 6.77. The Morgan fingerprint density at radius 1 is 1.43 bits per heavy atom. The van der Waals surface area contributed by atoms with E-state index in [0.717, 1.165) is 25.9 Å². The largest absolute Gasteiger partial charge is 0.383 e. The monoisotopic (exact) mass is 313 g/mol. The van der Waals surface area contributed by atoms with Crippen molar-refractivity contribution in [3.05, 3.63) is 24.3 Å². The van der Waals surface area contributed by atoms with E-state index in [1.807, 2.05) is 11.0 Å². The van der Waals surface area contributed by atoms with E-state index in [4.69, 9.17) is 9.88 Å². The van der Waals surface area contributed by atoms with Crippen LogP contribution in [0.5, 0.6) is 0 Å². The SMILES string of the molecule is COCCN(CC1CCCN1)c1ccccc1S(N)(=O)=O. The second-order valence-electron chi connectivity index (χ2n) is 5.24. The molecule has 1 aromatic rings. The van der Waals surface area contributed by atoms with Crippen LogP contribution in [-0.4, -0.2) is 47.8 Å². The highest BCUT2D eigenvalue weighted by Crippen LogP contribution is 2.25. The van der Waals surface area contributed by atoms with Crippen LogP contribution in [0, 0.1) is 0 Å².